The maximum absolute atomic E-state index is 16.0. The molecule has 6 aromatic rings. The lowest BCUT2D eigenvalue weighted by Crippen LogP contribution is -2.49. The van der Waals surface area contributed by atoms with Crippen molar-refractivity contribution in [3.05, 3.63) is 105 Å². The summed E-state index contributed by atoms with van der Waals surface area (Å²) in [5.74, 6) is 0.897. The fraction of sp³-hybridized carbons (Fsp3) is 0.500. The van der Waals surface area contributed by atoms with E-state index in [1.807, 2.05) is 26.0 Å². The predicted molar refractivity (Wildman–Crippen MR) is 295 cm³/mol. The van der Waals surface area contributed by atoms with E-state index in [2.05, 4.69) is 21.8 Å². The van der Waals surface area contributed by atoms with Crippen LogP contribution in [0.4, 0.5) is 8.78 Å². The molecule has 4 aliphatic heterocycles. The Morgan fingerprint density at radius 2 is 1.67 bits per heavy atom. The number of halogens is 4. The van der Waals surface area contributed by atoms with E-state index in [0.717, 1.165) is 31.1 Å². The van der Waals surface area contributed by atoms with Gasteiger partial charge in [0.05, 0.1) is 54.2 Å². The largest absolute Gasteiger partial charge is 0.490 e. The van der Waals surface area contributed by atoms with Crippen LogP contribution in [-0.4, -0.2) is 145 Å². The molecular formula is C58H66Cl2F2N6O9S. The van der Waals surface area contributed by atoms with E-state index in [1.165, 1.54) is 29.8 Å². The summed E-state index contributed by atoms with van der Waals surface area (Å²) in [4.78, 5) is 39.5. The molecule has 2 saturated heterocycles. The highest BCUT2D eigenvalue weighted by Crippen LogP contribution is 2.53. The molecule has 0 N–H and O–H groups in total. The molecule has 20 heteroatoms. The average molecular weight is 1130 g/mol. The zero-order valence-electron chi connectivity index (χ0n) is 44.9. The van der Waals surface area contributed by atoms with Gasteiger partial charge in [0.15, 0.2) is 5.75 Å². The fourth-order valence-electron chi connectivity index (χ4n) is 10.5. The molecule has 11 rings (SSSR count). The van der Waals surface area contributed by atoms with E-state index < -0.39 is 35.3 Å². The van der Waals surface area contributed by atoms with Crippen molar-refractivity contribution in [3.8, 4) is 44.7 Å². The van der Waals surface area contributed by atoms with Crippen LogP contribution in [0.2, 0.25) is 10.0 Å². The highest BCUT2D eigenvalue weighted by Gasteiger charge is 2.38. The first-order chi connectivity index (χ1) is 37.5. The third-order valence-corrected chi connectivity index (χ3v) is 16.7. The summed E-state index contributed by atoms with van der Waals surface area (Å²) >= 11 is 16.2. The molecule has 1 saturated carbocycles. The molecule has 5 aliphatic rings. The molecule has 7 heterocycles. The molecule has 416 valence electrons. The van der Waals surface area contributed by atoms with Crippen molar-refractivity contribution in [3.63, 3.8) is 0 Å². The van der Waals surface area contributed by atoms with E-state index in [0.29, 0.717) is 141 Å². The molecule has 0 unspecified atom stereocenters. The molecule has 15 nitrogen and oxygen atoms in total. The maximum Gasteiger partial charge on any atom is 0.348 e. The normalized spacial score (nSPS) is 22.5. The Balaban J connectivity index is 1.00. The van der Waals surface area contributed by atoms with Gasteiger partial charge in [-0.3, -0.25) is 4.90 Å². The zero-order valence-corrected chi connectivity index (χ0v) is 47.2. The maximum atomic E-state index is 16.0. The lowest BCUT2D eigenvalue weighted by atomic mass is 9.80. The van der Waals surface area contributed by atoms with E-state index in [4.69, 9.17) is 76.0 Å². The second-order valence-corrected chi connectivity index (χ2v) is 23.5. The Labute approximate surface area is 467 Å². The highest BCUT2D eigenvalue weighted by molar-refractivity contribution is 7.22. The number of carbonyl (C=O) groups excluding carboxylic acids is 1. The summed E-state index contributed by atoms with van der Waals surface area (Å²) in [5, 5.41) is 1.11. The molecule has 3 atom stereocenters. The van der Waals surface area contributed by atoms with Gasteiger partial charge in [0.1, 0.15) is 71.0 Å². The summed E-state index contributed by atoms with van der Waals surface area (Å²) in [6.07, 6.45) is 2.80. The zero-order chi connectivity index (χ0) is 54.7. The van der Waals surface area contributed by atoms with Gasteiger partial charge < -0.3 is 42.8 Å². The Morgan fingerprint density at radius 3 is 2.38 bits per heavy atom. The predicted octanol–water partition coefficient (Wildman–Crippen LogP) is 11.0. The number of benzene rings is 3. The van der Waals surface area contributed by atoms with Gasteiger partial charge >= 0.3 is 5.97 Å². The second-order valence-electron chi connectivity index (χ2n) is 21.7. The molecule has 0 amide bonds. The van der Waals surface area contributed by atoms with E-state index in [-0.39, 0.29) is 44.1 Å². The number of ether oxygens (including phenoxy) is 8. The minimum atomic E-state index is -1.45. The summed E-state index contributed by atoms with van der Waals surface area (Å²) in [6, 6.07) is 13.5. The molecule has 1 aliphatic carbocycles. The third-order valence-electron chi connectivity index (χ3n) is 14.7. The third kappa shape index (κ3) is 13.1. The minimum Gasteiger partial charge on any atom is -0.490 e. The molecule has 3 aromatic carbocycles. The first-order valence-electron chi connectivity index (χ1n) is 26.6. The van der Waals surface area contributed by atoms with Crippen molar-refractivity contribution in [2.24, 2.45) is 0 Å². The molecular weight excluding hydrogens is 1070 g/mol. The molecule has 3 aromatic heterocycles. The number of carbonyl (C=O) groups is 1. The van der Waals surface area contributed by atoms with Crippen LogP contribution in [-0.2, 0) is 36.8 Å². The first kappa shape index (κ1) is 56.0. The molecule has 0 radical (unpaired) electrons. The van der Waals surface area contributed by atoms with Gasteiger partial charge in [-0.25, -0.2) is 33.5 Å². The monoisotopic (exact) mass is 1130 g/mol. The van der Waals surface area contributed by atoms with E-state index in [1.54, 1.807) is 51.2 Å². The molecule has 78 heavy (non-hydrogen) atoms. The van der Waals surface area contributed by atoms with Gasteiger partial charge in [0, 0.05) is 67.3 Å². The lowest BCUT2D eigenvalue weighted by molar-refractivity contribution is -0.163. The van der Waals surface area contributed by atoms with Crippen LogP contribution in [0.3, 0.4) is 0 Å². The number of alkyl halides is 1. The Hall–Kier alpha value is -5.31. The Kier molecular flexibility index (Phi) is 17.4. The summed E-state index contributed by atoms with van der Waals surface area (Å²) < 4.78 is 80.6. The number of piperazine rings is 1. The summed E-state index contributed by atoms with van der Waals surface area (Å²) in [5.41, 5.74) is 2.22. The molecule has 4 bridgehead atoms. The fourth-order valence-corrected chi connectivity index (χ4v) is 12.1. The van der Waals surface area contributed by atoms with Gasteiger partial charge in [0.25, 0.3) is 0 Å². The van der Waals surface area contributed by atoms with Crippen molar-refractivity contribution >= 4 is 50.7 Å². The van der Waals surface area contributed by atoms with Gasteiger partial charge in [-0.15, -0.1) is 11.3 Å². The van der Waals surface area contributed by atoms with Crippen molar-refractivity contribution in [1.82, 2.24) is 29.7 Å². The van der Waals surface area contributed by atoms with Crippen molar-refractivity contribution in [2.45, 2.75) is 109 Å². The van der Waals surface area contributed by atoms with E-state index >= 15 is 4.39 Å². The lowest BCUT2D eigenvalue weighted by Gasteiger charge is -2.35. The van der Waals surface area contributed by atoms with Crippen molar-refractivity contribution < 1.29 is 51.5 Å². The number of hydrogen-bond donors (Lipinski definition) is 0. The van der Waals surface area contributed by atoms with Crippen molar-refractivity contribution in [1.29, 1.82) is 0 Å². The van der Waals surface area contributed by atoms with Gasteiger partial charge in [-0.1, -0.05) is 35.3 Å². The number of hydrogen-bond acceptors (Lipinski definition) is 16. The number of likely N-dealkylation sites (N-methyl/N-ethyl adjacent to an activating group) is 1. The number of aromatic nitrogens is 4. The van der Waals surface area contributed by atoms with Crippen molar-refractivity contribution in [2.75, 3.05) is 79.4 Å². The Bertz CT molecular complexity index is 3060. The summed E-state index contributed by atoms with van der Waals surface area (Å²) in [6.45, 7) is 15.1. The summed E-state index contributed by atoms with van der Waals surface area (Å²) in [7, 11) is 2.11. The van der Waals surface area contributed by atoms with Gasteiger partial charge in [-0.2, -0.15) is 0 Å². The molecule has 0 spiro atoms. The number of nitrogens with zero attached hydrogens (tertiary/aromatic N) is 6. The second kappa shape index (κ2) is 24.2. The standard InChI is InChI=1S/C58H66Cl2F2N6O9S/c1-34-46-35(2)50(60)51(49(34)59)75-42(27-68-21-19-67(6)20-22-68)31-73-41-11-12-44(74-28-40-15-18-63-53(66-40)37-13-16-58(62,17-14-37)32-71-30-43-29-70-23-24-72-43)38(25-41)26-45(56(69)77-57(3,4)5)76-54-48-47(46)52(78-55(48)65-33-64-54)36-7-9-39(61)10-8-36/h7-12,15,18,25,33,37,42-43,45H,13-14,16-17,19-24,26-32H2,1-6H3/t37?,42-,43-,45-,58?/m1/s1. The van der Waals surface area contributed by atoms with Crippen LogP contribution >= 0.6 is 34.5 Å². The van der Waals surface area contributed by atoms with Crippen LogP contribution < -0.4 is 18.9 Å². The minimum absolute atomic E-state index is 0.000681. The number of thiophene rings is 1. The highest BCUT2D eigenvalue weighted by atomic mass is 35.5. The van der Waals surface area contributed by atoms with Crippen LogP contribution in [0.1, 0.15) is 80.6 Å². The number of fused-ring (bicyclic) bond motifs is 7. The topological polar surface area (TPSA) is 149 Å². The van der Waals surface area contributed by atoms with Gasteiger partial charge in [-0.05, 0) is 126 Å². The first-order valence-corrected chi connectivity index (χ1v) is 28.2. The number of rotatable bonds is 12. The average Bonchev–Trinajstić information content (AvgIpc) is 3.85. The SMILES string of the molecule is Cc1c(Cl)c2c(Cl)c(C)c1-c1c(-c3ccc(F)cc3)sc3ncnc(c13)O[C@@H](C(=O)OC(C)(C)C)Cc1cc(ccc1OCc1ccnc(C3CCC(F)(COC[C@H]4COCCO4)CC3)n1)OC[C@@H](CN1CCN(C)CC1)O2. The number of esters is 1. The Morgan fingerprint density at radius 1 is 0.910 bits per heavy atom. The molecule has 3 fully saturated rings. The van der Waals surface area contributed by atoms with Crippen LogP contribution in [0.15, 0.2) is 61.1 Å². The van der Waals surface area contributed by atoms with Crippen LogP contribution in [0, 0.1) is 19.7 Å². The van der Waals surface area contributed by atoms with Gasteiger partial charge in [0.2, 0.25) is 12.0 Å². The quantitative estimate of drug-likeness (QED) is 0.107. The van der Waals surface area contributed by atoms with E-state index in [9.17, 15) is 9.18 Å². The van der Waals surface area contributed by atoms with Crippen LogP contribution in [0.25, 0.3) is 31.8 Å². The van der Waals surface area contributed by atoms with Crippen LogP contribution in [0.5, 0.6) is 23.1 Å². The smallest absolute Gasteiger partial charge is 0.348 e.